The maximum absolute atomic E-state index is 13.2. The summed E-state index contributed by atoms with van der Waals surface area (Å²) in [5.41, 5.74) is 1.84. The van der Waals surface area contributed by atoms with Crippen LogP contribution in [-0.4, -0.2) is 40.7 Å². The van der Waals surface area contributed by atoms with Crippen LogP contribution in [0.3, 0.4) is 0 Å². The summed E-state index contributed by atoms with van der Waals surface area (Å²) in [4.78, 5) is 31.4. The molecule has 1 aromatic carbocycles. The number of ether oxygens (including phenoxy) is 1. The van der Waals surface area contributed by atoms with Gasteiger partial charge in [-0.05, 0) is 55.3 Å². The molecule has 2 heterocycles. The number of nitrogens with one attached hydrogen (secondary N) is 2. The van der Waals surface area contributed by atoms with E-state index in [1.165, 1.54) is 5.56 Å². The van der Waals surface area contributed by atoms with Crippen LogP contribution in [0, 0.1) is 3.57 Å². The number of rotatable bonds is 5. The highest BCUT2D eigenvalue weighted by Crippen LogP contribution is 2.27. The minimum atomic E-state index is -0.583. The minimum absolute atomic E-state index is 0.0818. The van der Waals surface area contributed by atoms with Crippen LogP contribution in [0.25, 0.3) is 0 Å². The molecule has 0 aliphatic carbocycles. The van der Waals surface area contributed by atoms with E-state index in [0.717, 1.165) is 15.6 Å². The molecule has 0 atom stereocenters. The van der Waals surface area contributed by atoms with Crippen molar-refractivity contribution in [3.05, 3.63) is 56.8 Å². The Morgan fingerprint density at radius 2 is 2.03 bits per heavy atom. The monoisotopic (exact) mass is 508 g/mol. The molecule has 29 heavy (non-hydrogen) atoms. The summed E-state index contributed by atoms with van der Waals surface area (Å²) in [6, 6.07) is 10.1. The zero-order chi connectivity index (χ0) is 21.0. The van der Waals surface area contributed by atoms with Gasteiger partial charge in [-0.2, -0.15) is 0 Å². The molecule has 0 radical (unpaired) electrons. The molecule has 2 aromatic rings. The molecule has 1 aromatic heterocycles. The van der Waals surface area contributed by atoms with Crippen molar-refractivity contribution in [2.45, 2.75) is 39.3 Å². The van der Waals surface area contributed by atoms with Gasteiger partial charge in [0.25, 0.3) is 5.91 Å². The van der Waals surface area contributed by atoms with Crippen molar-refractivity contribution in [3.8, 4) is 0 Å². The number of fused-ring (bicyclic) bond motifs is 1. The first-order valence-corrected chi connectivity index (χ1v) is 10.5. The first-order chi connectivity index (χ1) is 13.7. The highest BCUT2D eigenvalue weighted by Gasteiger charge is 2.29. The summed E-state index contributed by atoms with van der Waals surface area (Å²) in [6.07, 6.45) is 1.95. The molecule has 8 heteroatoms. The fourth-order valence-corrected chi connectivity index (χ4v) is 3.63. The average molecular weight is 508 g/mol. The molecular formula is C21H25IN4O3. The lowest BCUT2D eigenvalue weighted by Crippen LogP contribution is -2.42. The second-order valence-electron chi connectivity index (χ2n) is 7.80. The van der Waals surface area contributed by atoms with Gasteiger partial charge in [-0.1, -0.05) is 30.3 Å². The Hall–Kier alpha value is -2.36. The lowest BCUT2D eigenvalue weighted by molar-refractivity contribution is 0.0521. The first kappa shape index (κ1) is 21.4. The van der Waals surface area contributed by atoms with Gasteiger partial charge in [0, 0.05) is 28.4 Å². The van der Waals surface area contributed by atoms with E-state index >= 15 is 0 Å². The fourth-order valence-electron chi connectivity index (χ4n) is 3.03. The third-order valence-corrected chi connectivity index (χ3v) is 5.32. The van der Waals surface area contributed by atoms with Gasteiger partial charge < -0.3 is 20.3 Å². The molecule has 0 saturated carbocycles. The van der Waals surface area contributed by atoms with Crippen molar-refractivity contribution in [2.75, 3.05) is 18.5 Å². The van der Waals surface area contributed by atoms with Gasteiger partial charge in [0.1, 0.15) is 11.4 Å². The Balaban J connectivity index is 1.74. The number of anilines is 1. The van der Waals surface area contributed by atoms with Gasteiger partial charge in [0.15, 0.2) is 0 Å². The number of aromatic nitrogens is 1. The summed E-state index contributed by atoms with van der Waals surface area (Å²) in [7, 11) is 0. The number of benzene rings is 1. The smallest absolute Gasteiger partial charge is 0.407 e. The van der Waals surface area contributed by atoms with Gasteiger partial charge in [0.05, 0.1) is 12.2 Å². The van der Waals surface area contributed by atoms with Gasteiger partial charge >= 0.3 is 6.09 Å². The largest absolute Gasteiger partial charge is 0.444 e. The number of carbonyl (C=O) groups is 2. The normalized spacial score (nSPS) is 13.5. The highest BCUT2D eigenvalue weighted by atomic mass is 127. The second kappa shape index (κ2) is 8.98. The quantitative estimate of drug-likeness (QED) is 0.601. The summed E-state index contributed by atoms with van der Waals surface area (Å²) in [5, 5.41) is 5.97. The van der Waals surface area contributed by atoms with Crippen molar-refractivity contribution >= 4 is 40.4 Å². The van der Waals surface area contributed by atoms with Crippen molar-refractivity contribution < 1.29 is 14.3 Å². The Bertz CT molecular complexity index is 897. The molecule has 0 fully saturated rings. The maximum atomic E-state index is 13.2. The lowest BCUT2D eigenvalue weighted by Gasteiger charge is -2.31. The Morgan fingerprint density at radius 1 is 1.31 bits per heavy atom. The number of carbonyl (C=O) groups excluding carboxylic acids is 2. The van der Waals surface area contributed by atoms with Crippen molar-refractivity contribution in [2.24, 2.45) is 0 Å². The molecule has 0 spiro atoms. The number of pyridine rings is 1. The van der Waals surface area contributed by atoms with E-state index in [1.807, 2.05) is 39.0 Å². The van der Waals surface area contributed by atoms with E-state index in [4.69, 9.17) is 4.74 Å². The third-order valence-electron chi connectivity index (χ3n) is 4.39. The fraction of sp³-hybridized carbons (Fsp3) is 0.381. The summed E-state index contributed by atoms with van der Waals surface area (Å²) >= 11 is 2.14. The zero-order valence-corrected chi connectivity index (χ0v) is 18.9. The van der Waals surface area contributed by atoms with E-state index in [2.05, 4.69) is 50.3 Å². The molecule has 2 N–H and O–H groups in total. The molecule has 2 amide bonds. The van der Waals surface area contributed by atoms with Gasteiger partial charge in [-0.25, -0.2) is 9.78 Å². The molecule has 3 rings (SSSR count). The number of nitrogens with zero attached hydrogens (tertiary/aromatic N) is 2. The number of hydrogen-bond acceptors (Lipinski definition) is 5. The van der Waals surface area contributed by atoms with E-state index in [1.54, 1.807) is 11.1 Å². The van der Waals surface area contributed by atoms with Crippen LogP contribution in [0.2, 0.25) is 0 Å². The summed E-state index contributed by atoms with van der Waals surface area (Å²) in [6.45, 7) is 6.62. The van der Waals surface area contributed by atoms with Crippen molar-refractivity contribution in [1.29, 1.82) is 0 Å². The van der Waals surface area contributed by atoms with Gasteiger partial charge in [0.2, 0.25) is 0 Å². The summed E-state index contributed by atoms with van der Waals surface area (Å²) < 4.78 is 6.12. The molecule has 154 valence electrons. The number of hydrogen-bond donors (Lipinski definition) is 2. The molecule has 1 aliphatic heterocycles. The average Bonchev–Trinajstić information content (AvgIpc) is 2.66. The zero-order valence-electron chi connectivity index (χ0n) is 16.8. The number of amides is 2. The standard InChI is InChI=1S/C21H25IN4O3/c1-21(2,3)29-20(28)24-11-15-16(22)12-23-18-17(15)19(27)26(13-25-18)10-9-14-7-5-4-6-8-14/h4-8,12H,9-11,13H2,1-3H3,(H,23,25)(H,24,28). The van der Waals surface area contributed by atoms with Crippen LogP contribution in [0.15, 0.2) is 36.5 Å². The Morgan fingerprint density at radius 3 is 2.72 bits per heavy atom. The van der Waals surface area contributed by atoms with Crippen LogP contribution in [-0.2, 0) is 17.7 Å². The second-order valence-corrected chi connectivity index (χ2v) is 8.97. The first-order valence-electron chi connectivity index (χ1n) is 9.46. The molecule has 0 bridgehead atoms. The predicted octanol–water partition coefficient (Wildman–Crippen LogP) is 3.78. The van der Waals surface area contributed by atoms with Crippen LogP contribution in [0.5, 0.6) is 0 Å². The molecule has 7 nitrogen and oxygen atoms in total. The predicted molar refractivity (Wildman–Crippen MR) is 120 cm³/mol. The lowest BCUT2D eigenvalue weighted by atomic mass is 10.1. The summed E-state index contributed by atoms with van der Waals surface area (Å²) in [5.74, 6) is 0.467. The van der Waals surface area contributed by atoms with Crippen LogP contribution in [0.1, 0.15) is 42.3 Å². The molecule has 1 aliphatic rings. The van der Waals surface area contributed by atoms with E-state index < -0.39 is 11.7 Å². The van der Waals surface area contributed by atoms with Crippen molar-refractivity contribution in [1.82, 2.24) is 15.2 Å². The molecule has 0 unspecified atom stereocenters. The number of alkyl carbamates (subject to hydrolysis) is 1. The highest BCUT2D eigenvalue weighted by molar-refractivity contribution is 14.1. The van der Waals surface area contributed by atoms with Gasteiger partial charge in [-0.3, -0.25) is 4.79 Å². The SMILES string of the molecule is CC(C)(C)OC(=O)NCc1c(I)cnc2c1C(=O)N(CCc1ccccc1)CN2. The van der Waals surface area contributed by atoms with Gasteiger partial charge in [-0.15, -0.1) is 0 Å². The topological polar surface area (TPSA) is 83.6 Å². The van der Waals surface area contributed by atoms with Crippen LogP contribution < -0.4 is 10.6 Å². The third kappa shape index (κ3) is 5.59. The van der Waals surface area contributed by atoms with E-state index in [-0.39, 0.29) is 12.5 Å². The molecule has 0 saturated heterocycles. The Labute approximate surface area is 184 Å². The van der Waals surface area contributed by atoms with Crippen molar-refractivity contribution in [3.63, 3.8) is 0 Å². The van der Waals surface area contributed by atoms with E-state index in [9.17, 15) is 9.59 Å². The maximum Gasteiger partial charge on any atom is 0.407 e. The van der Waals surface area contributed by atoms with Crippen LogP contribution in [0.4, 0.5) is 10.6 Å². The van der Waals surface area contributed by atoms with E-state index in [0.29, 0.717) is 24.6 Å². The van der Waals surface area contributed by atoms with Crippen LogP contribution >= 0.6 is 22.6 Å². The number of halogens is 1. The molecular weight excluding hydrogens is 483 g/mol. The Kier molecular flexibility index (Phi) is 6.61. The minimum Gasteiger partial charge on any atom is -0.444 e.